The number of Topliss-reactive ketones (excluding diaryl/α,β-unsaturated/α-hetero) is 1. The molecule has 0 aromatic heterocycles. The van der Waals surface area contributed by atoms with E-state index in [2.05, 4.69) is 0 Å². The number of nitriles is 1. The number of ether oxygens (including phenoxy) is 2. The number of benzene rings is 2. The van der Waals surface area contributed by atoms with E-state index in [1.165, 1.54) is 6.07 Å². The van der Waals surface area contributed by atoms with Crippen molar-refractivity contribution < 1.29 is 18.7 Å². The number of allylic oxidation sites excluding steroid dienone is 2. The van der Waals surface area contributed by atoms with Gasteiger partial charge in [0.25, 0.3) is 0 Å². The Labute approximate surface area is 158 Å². The van der Waals surface area contributed by atoms with Gasteiger partial charge < -0.3 is 9.47 Å². The highest BCUT2D eigenvalue weighted by molar-refractivity contribution is 5.94. The van der Waals surface area contributed by atoms with E-state index in [1.807, 2.05) is 43.3 Å². The summed E-state index contributed by atoms with van der Waals surface area (Å²) in [6.07, 6.45) is 0.770. The quantitative estimate of drug-likeness (QED) is 0.358. The molecule has 5 heteroatoms. The number of ketones is 1. The van der Waals surface area contributed by atoms with Crippen LogP contribution in [0.4, 0.5) is 4.39 Å². The first-order valence-electron chi connectivity index (χ1n) is 8.76. The van der Waals surface area contributed by atoms with E-state index < -0.39 is 5.82 Å². The molecule has 0 amide bonds. The van der Waals surface area contributed by atoms with E-state index >= 15 is 0 Å². The normalized spacial score (nSPS) is 11.5. The molecule has 27 heavy (non-hydrogen) atoms. The highest BCUT2D eigenvalue weighted by atomic mass is 19.1. The molecule has 0 atom stereocenters. The molecule has 0 saturated heterocycles. The van der Waals surface area contributed by atoms with E-state index in [0.717, 1.165) is 23.3 Å². The minimum absolute atomic E-state index is 0.132. The van der Waals surface area contributed by atoms with Gasteiger partial charge in [-0.15, -0.1) is 0 Å². The van der Waals surface area contributed by atoms with Crippen LogP contribution < -0.4 is 4.74 Å². The third-order valence-corrected chi connectivity index (χ3v) is 3.98. The molecule has 140 valence electrons. The average Bonchev–Trinajstić information content (AvgIpc) is 2.69. The van der Waals surface area contributed by atoms with Crippen LogP contribution in [0.2, 0.25) is 0 Å². The first kappa shape index (κ1) is 20.3. The zero-order valence-corrected chi connectivity index (χ0v) is 15.5. The van der Waals surface area contributed by atoms with Crippen molar-refractivity contribution in [3.05, 3.63) is 76.8 Å². The zero-order valence-electron chi connectivity index (χ0n) is 15.5. The van der Waals surface area contributed by atoms with Crippen molar-refractivity contribution in [1.82, 2.24) is 0 Å². The van der Waals surface area contributed by atoms with Crippen molar-refractivity contribution in [1.29, 1.82) is 5.26 Å². The Bertz CT molecular complexity index is 854. The minimum Gasteiger partial charge on any atom is -0.454 e. The maximum absolute atomic E-state index is 13.6. The number of rotatable bonds is 9. The highest BCUT2D eigenvalue weighted by Crippen LogP contribution is 2.22. The Balaban J connectivity index is 2.00. The maximum atomic E-state index is 13.6. The second-order valence-corrected chi connectivity index (χ2v) is 6.06. The third-order valence-electron chi connectivity index (χ3n) is 3.98. The van der Waals surface area contributed by atoms with Gasteiger partial charge in [-0.1, -0.05) is 37.3 Å². The Morgan fingerprint density at radius 3 is 2.59 bits per heavy atom. The van der Waals surface area contributed by atoms with Gasteiger partial charge in [-0.05, 0) is 36.6 Å². The molecule has 0 spiro atoms. The molecular formula is C22H22FNO3. The summed E-state index contributed by atoms with van der Waals surface area (Å²) >= 11 is 0. The summed E-state index contributed by atoms with van der Waals surface area (Å²) in [5, 5.41) is 8.95. The lowest BCUT2D eigenvalue weighted by Gasteiger charge is -2.13. The summed E-state index contributed by atoms with van der Waals surface area (Å²) in [7, 11) is 0. The molecule has 4 nitrogen and oxygen atoms in total. The van der Waals surface area contributed by atoms with Crippen molar-refractivity contribution in [2.75, 3.05) is 6.61 Å². The second kappa shape index (κ2) is 10.2. The van der Waals surface area contributed by atoms with Gasteiger partial charge >= 0.3 is 0 Å². The van der Waals surface area contributed by atoms with Gasteiger partial charge in [-0.2, -0.15) is 5.26 Å². The van der Waals surface area contributed by atoms with Gasteiger partial charge in [0.1, 0.15) is 11.6 Å². The fraction of sp³-hybridized carbons (Fsp3) is 0.273. The molecule has 0 unspecified atom stereocenters. The van der Waals surface area contributed by atoms with Crippen molar-refractivity contribution >= 4 is 5.78 Å². The van der Waals surface area contributed by atoms with E-state index in [-0.39, 0.29) is 35.9 Å². The van der Waals surface area contributed by atoms with Gasteiger partial charge in [-0.3, -0.25) is 4.79 Å². The van der Waals surface area contributed by atoms with Crippen molar-refractivity contribution in [2.45, 2.75) is 33.3 Å². The van der Waals surface area contributed by atoms with Crippen LogP contribution in [0.25, 0.3) is 0 Å². The van der Waals surface area contributed by atoms with Crippen LogP contribution in [-0.2, 0) is 16.1 Å². The molecule has 0 aliphatic carbocycles. The van der Waals surface area contributed by atoms with Gasteiger partial charge in [0, 0.05) is 12.5 Å². The topological polar surface area (TPSA) is 59.3 Å². The minimum atomic E-state index is -0.587. The lowest BCUT2D eigenvalue weighted by atomic mass is 10.1. The fourth-order valence-corrected chi connectivity index (χ4v) is 2.39. The van der Waals surface area contributed by atoms with Crippen molar-refractivity contribution in [2.24, 2.45) is 0 Å². The molecule has 0 N–H and O–H groups in total. The second-order valence-electron chi connectivity index (χ2n) is 6.06. The maximum Gasteiger partial charge on any atom is 0.200 e. The summed E-state index contributed by atoms with van der Waals surface area (Å²) in [6.45, 7) is 4.38. The van der Waals surface area contributed by atoms with Crippen LogP contribution in [0.3, 0.4) is 0 Å². The zero-order chi connectivity index (χ0) is 19.6. The summed E-state index contributed by atoms with van der Waals surface area (Å²) in [6, 6.07) is 15.2. The van der Waals surface area contributed by atoms with Crippen molar-refractivity contribution in [3.8, 4) is 11.8 Å². The van der Waals surface area contributed by atoms with Gasteiger partial charge in [0.05, 0.1) is 24.8 Å². The van der Waals surface area contributed by atoms with E-state index in [1.54, 1.807) is 6.92 Å². The lowest BCUT2D eigenvalue weighted by Crippen LogP contribution is -2.14. The Kier molecular flexibility index (Phi) is 7.72. The van der Waals surface area contributed by atoms with Crippen LogP contribution in [0.5, 0.6) is 5.75 Å². The number of nitrogens with zero attached hydrogens (tertiary/aromatic N) is 1. The van der Waals surface area contributed by atoms with Crippen LogP contribution >= 0.6 is 0 Å². The van der Waals surface area contributed by atoms with Gasteiger partial charge in [0.15, 0.2) is 11.5 Å². The first-order valence-corrected chi connectivity index (χ1v) is 8.76. The van der Waals surface area contributed by atoms with Crippen LogP contribution in [0.15, 0.2) is 59.9 Å². The largest absolute Gasteiger partial charge is 0.454 e. The van der Waals surface area contributed by atoms with Crippen LogP contribution in [-0.4, -0.2) is 12.4 Å². The molecule has 2 aromatic rings. The number of hydrogen-bond acceptors (Lipinski definition) is 4. The monoisotopic (exact) mass is 367 g/mol. The predicted octanol–water partition coefficient (Wildman–Crippen LogP) is 4.94. The summed E-state index contributed by atoms with van der Waals surface area (Å²) < 4.78 is 24.8. The van der Waals surface area contributed by atoms with Gasteiger partial charge in [-0.25, -0.2) is 4.39 Å². The smallest absolute Gasteiger partial charge is 0.200 e. The molecule has 0 saturated carbocycles. The lowest BCUT2D eigenvalue weighted by molar-refractivity contribution is -0.118. The molecule has 2 aromatic carbocycles. The molecule has 0 radical (unpaired) electrons. The van der Waals surface area contributed by atoms with E-state index in [0.29, 0.717) is 13.0 Å². The van der Waals surface area contributed by atoms with Crippen molar-refractivity contribution in [3.63, 3.8) is 0 Å². The fourth-order valence-electron chi connectivity index (χ4n) is 2.39. The predicted molar refractivity (Wildman–Crippen MR) is 100 cm³/mol. The Morgan fingerprint density at radius 2 is 1.93 bits per heavy atom. The summed E-state index contributed by atoms with van der Waals surface area (Å²) in [5.74, 6) is -0.496. The molecule has 0 bridgehead atoms. The molecule has 2 rings (SSSR count). The first-order chi connectivity index (χ1) is 13.0. The summed E-state index contributed by atoms with van der Waals surface area (Å²) in [4.78, 5) is 12.6. The van der Waals surface area contributed by atoms with Gasteiger partial charge in [0.2, 0.25) is 0 Å². The Morgan fingerprint density at radius 1 is 1.19 bits per heavy atom. The molecule has 0 heterocycles. The number of hydrogen-bond donors (Lipinski definition) is 0. The third kappa shape index (κ3) is 6.36. The molecule has 0 aliphatic heterocycles. The number of halogens is 1. The molecular weight excluding hydrogens is 345 g/mol. The van der Waals surface area contributed by atoms with E-state index in [9.17, 15) is 9.18 Å². The standard InChI is InChI=1S/C22H22FNO3/c1-3-16(2)22(27-20-12-18(14-24)11-19(23)13-20)21(25)9-10-26-15-17-7-5-4-6-8-17/h4-8,11-13H,3,9-10,15H2,1-2H3/b22-16-. The summed E-state index contributed by atoms with van der Waals surface area (Å²) in [5.41, 5.74) is 1.92. The highest BCUT2D eigenvalue weighted by Gasteiger charge is 2.16. The average molecular weight is 367 g/mol. The number of carbonyl (C=O) groups is 1. The van der Waals surface area contributed by atoms with Crippen LogP contribution in [0, 0.1) is 17.1 Å². The van der Waals surface area contributed by atoms with E-state index in [4.69, 9.17) is 14.7 Å². The van der Waals surface area contributed by atoms with Crippen LogP contribution in [0.1, 0.15) is 37.8 Å². The SMILES string of the molecule is CC/C(C)=C(\Oc1cc(F)cc(C#N)c1)C(=O)CCOCc1ccccc1. The molecule has 0 aliphatic rings. The Hall–Kier alpha value is -2.97. The molecule has 0 fully saturated rings. The number of carbonyl (C=O) groups excluding carboxylic acids is 1.